The molecule has 9 nitrogen and oxygen atoms in total. The Hall–Kier alpha value is -3.23. The number of pyridine rings is 2. The molecule has 0 saturated carbocycles. The molecule has 174 valence electrons. The van der Waals surface area contributed by atoms with Crippen LogP contribution in [0.5, 0.6) is 11.6 Å². The molecule has 1 aliphatic heterocycles. The van der Waals surface area contributed by atoms with Crippen molar-refractivity contribution in [3.05, 3.63) is 40.2 Å². The van der Waals surface area contributed by atoms with Gasteiger partial charge in [0.2, 0.25) is 5.88 Å². The highest BCUT2D eigenvalue weighted by Gasteiger charge is 2.26. The van der Waals surface area contributed by atoms with Crippen molar-refractivity contribution < 1.29 is 18.6 Å². The largest absolute Gasteiger partial charge is 0.491 e. The Balaban J connectivity index is 1.89. The van der Waals surface area contributed by atoms with Gasteiger partial charge in [-0.2, -0.15) is 10.2 Å². The Labute approximate surface area is 191 Å². The van der Waals surface area contributed by atoms with Crippen LogP contribution in [-0.2, 0) is 11.5 Å². The molecule has 11 heteroatoms. The first-order chi connectivity index (χ1) is 15.7. The van der Waals surface area contributed by atoms with Gasteiger partial charge in [0.1, 0.15) is 35.7 Å². The summed E-state index contributed by atoms with van der Waals surface area (Å²) in [7, 11) is -1.31. The summed E-state index contributed by atoms with van der Waals surface area (Å²) < 4.78 is 35.1. The Morgan fingerprint density at radius 2 is 2.18 bits per heavy atom. The molecule has 1 aliphatic rings. The van der Waals surface area contributed by atoms with Crippen LogP contribution in [0.25, 0.3) is 17.0 Å². The number of halogens is 1. The minimum absolute atomic E-state index is 0.0343. The predicted octanol–water partition coefficient (Wildman–Crippen LogP) is 3.46. The summed E-state index contributed by atoms with van der Waals surface area (Å²) in [4.78, 5) is 22.1. The molecule has 0 unspecified atom stereocenters. The van der Waals surface area contributed by atoms with Gasteiger partial charge in [0.15, 0.2) is 17.3 Å². The molecule has 0 spiro atoms. The molecule has 3 aromatic rings. The molecule has 0 saturated heterocycles. The van der Waals surface area contributed by atoms with Crippen LogP contribution in [0, 0.1) is 17.1 Å². The highest BCUT2D eigenvalue weighted by Crippen LogP contribution is 2.30. The number of rotatable bonds is 5. The third kappa shape index (κ3) is 4.62. The van der Waals surface area contributed by atoms with E-state index in [2.05, 4.69) is 29.6 Å². The molecular formula is C22H26FN5O4Si. The van der Waals surface area contributed by atoms with Gasteiger partial charge >= 0.3 is 5.69 Å². The SMILES string of the molecule is C[C@@H]1CCOc2ccnc3c2n(c(=O)n3COCC[Si](C)(C)C)-c2nc(c(C#N)cc2F)O1. The normalized spacial score (nSPS) is 15.9. The topological polar surface area (TPSA) is 104 Å². The summed E-state index contributed by atoms with van der Waals surface area (Å²) in [5.41, 5.74) is -0.0391. The summed E-state index contributed by atoms with van der Waals surface area (Å²) in [5.74, 6) is -0.778. The Morgan fingerprint density at radius 1 is 1.39 bits per heavy atom. The quantitative estimate of drug-likeness (QED) is 0.415. The molecule has 4 rings (SSSR count). The Morgan fingerprint density at radius 3 is 2.91 bits per heavy atom. The van der Waals surface area contributed by atoms with Gasteiger partial charge in [-0.15, -0.1) is 0 Å². The van der Waals surface area contributed by atoms with Gasteiger partial charge < -0.3 is 14.2 Å². The molecular weight excluding hydrogens is 445 g/mol. The van der Waals surface area contributed by atoms with E-state index in [4.69, 9.17) is 14.2 Å². The van der Waals surface area contributed by atoms with Crippen LogP contribution in [0.3, 0.4) is 0 Å². The molecule has 0 N–H and O–H groups in total. The fourth-order valence-electron chi connectivity index (χ4n) is 3.48. The molecule has 0 amide bonds. The lowest BCUT2D eigenvalue weighted by atomic mass is 10.2. The maximum absolute atomic E-state index is 15.1. The van der Waals surface area contributed by atoms with Crippen molar-refractivity contribution in [1.82, 2.24) is 19.1 Å². The molecule has 0 radical (unpaired) electrons. The first kappa shape index (κ1) is 22.9. The number of aromatic nitrogens is 4. The van der Waals surface area contributed by atoms with Crippen molar-refractivity contribution in [2.45, 2.75) is 51.9 Å². The second kappa shape index (κ2) is 8.96. The lowest BCUT2D eigenvalue weighted by Crippen LogP contribution is -2.27. The molecule has 0 fully saturated rings. The number of ether oxygens (including phenoxy) is 3. The van der Waals surface area contributed by atoms with Crippen molar-refractivity contribution in [2.75, 3.05) is 13.2 Å². The minimum Gasteiger partial charge on any atom is -0.491 e. The van der Waals surface area contributed by atoms with Crippen molar-refractivity contribution in [2.24, 2.45) is 0 Å². The molecule has 1 atom stereocenters. The second-order valence-electron chi connectivity index (χ2n) is 9.20. The van der Waals surface area contributed by atoms with Crippen molar-refractivity contribution in [3.63, 3.8) is 0 Å². The smallest absolute Gasteiger partial charge is 0.338 e. The first-order valence-corrected chi connectivity index (χ1v) is 14.5. The van der Waals surface area contributed by atoms with Crippen LogP contribution in [0.15, 0.2) is 23.1 Å². The van der Waals surface area contributed by atoms with Gasteiger partial charge in [0.05, 0.1) is 6.61 Å². The van der Waals surface area contributed by atoms with Gasteiger partial charge in [-0.1, -0.05) is 19.6 Å². The lowest BCUT2D eigenvalue weighted by molar-refractivity contribution is 0.0871. The van der Waals surface area contributed by atoms with Crippen molar-refractivity contribution >= 4 is 19.2 Å². The van der Waals surface area contributed by atoms with Crippen LogP contribution < -0.4 is 15.2 Å². The van der Waals surface area contributed by atoms with Crippen molar-refractivity contribution in [3.8, 4) is 23.5 Å². The third-order valence-corrected chi connectivity index (χ3v) is 7.04. The monoisotopic (exact) mass is 471 g/mol. The van der Waals surface area contributed by atoms with E-state index in [-0.39, 0.29) is 42.2 Å². The summed E-state index contributed by atoms with van der Waals surface area (Å²) in [6, 6.07) is 5.49. The van der Waals surface area contributed by atoms with Crippen LogP contribution in [0.1, 0.15) is 18.9 Å². The van der Waals surface area contributed by atoms with E-state index < -0.39 is 19.6 Å². The molecule has 33 heavy (non-hydrogen) atoms. The third-order valence-electron chi connectivity index (χ3n) is 5.34. The Bertz CT molecular complexity index is 1290. The highest BCUT2D eigenvalue weighted by atomic mass is 28.3. The lowest BCUT2D eigenvalue weighted by Gasteiger charge is -2.15. The summed E-state index contributed by atoms with van der Waals surface area (Å²) >= 11 is 0. The van der Waals surface area contributed by atoms with Crippen LogP contribution in [0.4, 0.5) is 4.39 Å². The molecule has 4 heterocycles. The minimum atomic E-state index is -1.31. The van der Waals surface area contributed by atoms with Gasteiger partial charge in [0, 0.05) is 39.4 Å². The maximum Gasteiger partial charge on any atom is 0.338 e. The zero-order valence-corrected chi connectivity index (χ0v) is 20.1. The Kier molecular flexibility index (Phi) is 6.23. The van der Waals surface area contributed by atoms with Crippen molar-refractivity contribution in [1.29, 1.82) is 5.26 Å². The second-order valence-corrected chi connectivity index (χ2v) is 14.8. The van der Waals surface area contributed by atoms with Gasteiger partial charge in [-0.3, -0.25) is 4.57 Å². The summed E-state index contributed by atoms with van der Waals surface area (Å²) in [6.45, 7) is 9.27. The van der Waals surface area contributed by atoms with Crippen LogP contribution >= 0.6 is 0 Å². The average molecular weight is 472 g/mol. The zero-order chi connectivity index (χ0) is 23.8. The van der Waals surface area contributed by atoms with Gasteiger partial charge in [-0.25, -0.2) is 18.7 Å². The number of nitrogens with zero attached hydrogens (tertiary/aromatic N) is 5. The van der Waals surface area contributed by atoms with E-state index in [1.807, 2.05) is 6.07 Å². The number of fused-ring (bicyclic) bond motifs is 3. The van der Waals surface area contributed by atoms with Gasteiger partial charge in [-0.05, 0) is 13.0 Å². The van der Waals surface area contributed by atoms with E-state index in [1.54, 1.807) is 13.0 Å². The zero-order valence-electron chi connectivity index (χ0n) is 19.1. The molecule has 0 aliphatic carbocycles. The molecule has 0 aromatic carbocycles. The van der Waals surface area contributed by atoms with E-state index in [0.29, 0.717) is 24.4 Å². The molecule has 3 aromatic heterocycles. The number of hydrogen-bond donors (Lipinski definition) is 0. The molecule has 2 bridgehead atoms. The van der Waals surface area contributed by atoms with Gasteiger partial charge in [0.25, 0.3) is 0 Å². The fraction of sp³-hybridized carbons (Fsp3) is 0.455. The highest BCUT2D eigenvalue weighted by molar-refractivity contribution is 6.76. The summed E-state index contributed by atoms with van der Waals surface area (Å²) in [5, 5.41) is 9.41. The number of hydrogen-bond acceptors (Lipinski definition) is 7. The van der Waals surface area contributed by atoms with E-state index in [1.165, 1.54) is 10.8 Å². The predicted molar refractivity (Wildman–Crippen MR) is 122 cm³/mol. The van der Waals surface area contributed by atoms with Crippen LogP contribution in [-0.4, -0.2) is 46.5 Å². The fourth-order valence-corrected chi connectivity index (χ4v) is 4.23. The van der Waals surface area contributed by atoms with E-state index >= 15 is 4.39 Å². The van der Waals surface area contributed by atoms with Crippen LogP contribution in [0.2, 0.25) is 25.7 Å². The number of nitriles is 1. The summed E-state index contributed by atoms with van der Waals surface area (Å²) in [6.07, 6.45) is 1.69. The van der Waals surface area contributed by atoms with E-state index in [0.717, 1.165) is 16.7 Å². The standard InChI is InChI=1S/C22H26FN5O4Si/c1-14-6-8-31-17-5-7-25-20-18(17)28(19-16(23)11-15(12-24)21(26-19)32-14)22(29)27(20)13-30-9-10-33(2,3)4/h5,7,11,14H,6,8-10,13H2,1-4H3/t14-/m1/s1. The first-order valence-electron chi connectivity index (χ1n) is 10.8. The van der Waals surface area contributed by atoms with E-state index in [9.17, 15) is 10.1 Å². The average Bonchev–Trinajstić information content (AvgIpc) is 3.02. The maximum atomic E-state index is 15.1. The number of imidazole rings is 1.